The highest BCUT2D eigenvalue weighted by Crippen LogP contribution is 2.40. The maximum atomic E-state index is 12.7. The summed E-state index contributed by atoms with van der Waals surface area (Å²) in [5.41, 5.74) is 1.45. The number of piperidine rings is 1. The summed E-state index contributed by atoms with van der Waals surface area (Å²) in [4.78, 5) is 1.99. The fourth-order valence-corrected chi connectivity index (χ4v) is 5.65. The maximum Gasteiger partial charge on any atom is 0.242 e. The summed E-state index contributed by atoms with van der Waals surface area (Å²) < 4.78 is 51.2. The van der Waals surface area contributed by atoms with Crippen molar-refractivity contribution < 1.29 is 21.9 Å². The molecule has 2 aromatic rings. The van der Waals surface area contributed by atoms with Crippen LogP contribution in [-0.2, 0) is 20.0 Å². The van der Waals surface area contributed by atoms with Crippen LogP contribution in [0.15, 0.2) is 52.3 Å². The van der Waals surface area contributed by atoms with Crippen LogP contribution >= 0.6 is 0 Å². The van der Waals surface area contributed by atoms with E-state index in [-0.39, 0.29) is 20.8 Å². The molecule has 1 aliphatic rings. The van der Waals surface area contributed by atoms with Crippen LogP contribution in [0.1, 0.15) is 26.7 Å². The molecule has 0 radical (unpaired) electrons. The second-order valence-corrected chi connectivity index (χ2v) is 12.5. The Morgan fingerprint density at radius 2 is 1.62 bits per heavy atom. The number of nitrogens with zero attached hydrogens (tertiary/aromatic N) is 2. The molecule has 0 saturated carbocycles. The number of primary sulfonamides is 1. The van der Waals surface area contributed by atoms with Crippen LogP contribution < -0.4 is 10.0 Å². The quantitative estimate of drug-likeness (QED) is 0.653. The van der Waals surface area contributed by atoms with Crippen LogP contribution in [0.2, 0.25) is 0 Å². The summed E-state index contributed by atoms with van der Waals surface area (Å²) in [7, 11) is -5.04. The number of nitrogens with two attached hydrogens (primary N) is 1. The average molecular weight is 482 g/mol. The van der Waals surface area contributed by atoms with Crippen molar-refractivity contribution in [2.24, 2.45) is 10.6 Å². The summed E-state index contributed by atoms with van der Waals surface area (Å²) in [6.45, 7) is 5.23. The van der Waals surface area contributed by atoms with E-state index in [1.54, 1.807) is 19.1 Å². The standard InChI is InChI=1S/C22H31N3O5S2/c1-16(26)22(2)11-13-25(14-12-22)20-8-6-5-7-18(20)19-15-17(32(29,30)24(3)4)9-10-21(19)31(23,27)28/h5-10,15-16,26H,11-14H2,1-4H3,(H2,23,27,28). The molecule has 32 heavy (non-hydrogen) atoms. The second kappa shape index (κ2) is 8.75. The zero-order valence-corrected chi connectivity index (χ0v) is 20.4. The molecule has 1 heterocycles. The molecule has 1 atom stereocenters. The highest BCUT2D eigenvalue weighted by molar-refractivity contribution is 7.89. The van der Waals surface area contributed by atoms with Crippen molar-refractivity contribution in [2.75, 3.05) is 32.1 Å². The van der Waals surface area contributed by atoms with Gasteiger partial charge >= 0.3 is 0 Å². The van der Waals surface area contributed by atoms with Crippen molar-refractivity contribution >= 4 is 25.7 Å². The molecule has 3 rings (SSSR count). The van der Waals surface area contributed by atoms with Gasteiger partial charge in [-0.1, -0.05) is 25.1 Å². The van der Waals surface area contributed by atoms with Crippen LogP contribution in [0.4, 0.5) is 5.69 Å². The first-order valence-electron chi connectivity index (χ1n) is 10.4. The zero-order valence-electron chi connectivity index (χ0n) is 18.8. The zero-order chi connectivity index (χ0) is 23.9. The Balaban J connectivity index is 2.15. The smallest absolute Gasteiger partial charge is 0.242 e. The van der Waals surface area contributed by atoms with Crippen LogP contribution in [0.3, 0.4) is 0 Å². The highest BCUT2D eigenvalue weighted by atomic mass is 32.2. The number of aliphatic hydroxyl groups is 1. The molecule has 1 aliphatic heterocycles. The van der Waals surface area contributed by atoms with E-state index in [4.69, 9.17) is 5.14 Å². The van der Waals surface area contributed by atoms with Gasteiger partial charge in [0.05, 0.1) is 15.9 Å². The second-order valence-electron chi connectivity index (χ2n) is 8.82. The van der Waals surface area contributed by atoms with Crippen molar-refractivity contribution in [2.45, 2.75) is 42.6 Å². The number of aliphatic hydroxyl groups excluding tert-OH is 1. The molecule has 2 aromatic carbocycles. The van der Waals surface area contributed by atoms with E-state index in [9.17, 15) is 21.9 Å². The van der Waals surface area contributed by atoms with Gasteiger partial charge < -0.3 is 10.0 Å². The highest BCUT2D eigenvalue weighted by Gasteiger charge is 2.35. The molecule has 3 N–H and O–H groups in total. The summed E-state index contributed by atoms with van der Waals surface area (Å²) in [5.74, 6) is 0. The first-order chi connectivity index (χ1) is 14.8. The number of benzene rings is 2. The molecule has 1 fully saturated rings. The lowest BCUT2D eigenvalue weighted by Gasteiger charge is -2.42. The van der Waals surface area contributed by atoms with E-state index in [0.29, 0.717) is 18.7 Å². The molecule has 1 unspecified atom stereocenters. The van der Waals surface area contributed by atoms with Gasteiger partial charge in [0.1, 0.15) is 0 Å². The molecule has 176 valence electrons. The summed E-state index contributed by atoms with van der Waals surface area (Å²) in [6.07, 6.45) is 1.12. The van der Waals surface area contributed by atoms with E-state index < -0.39 is 26.2 Å². The molecule has 0 amide bonds. The Morgan fingerprint density at radius 3 is 2.16 bits per heavy atom. The molecule has 10 heteroatoms. The molecule has 0 aliphatic carbocycles. The van der Waals surface area contributed by atoms with Gasteiger partial charge in [0.15, 0.2) is 0 Å². The largest absolute Gasteiger partial charge is 0.393 e. The topological polar surface area (TPSA) is 121 Å². The molecule has 0 aromatic heterocycles. The van der Waals surface area contributed by atoms with Gasteiger partial charge in [0.2, 0.25) is 20.0 Å². The maximum absolute atomic E-state index is 12.7. The number of hydrogen-bond donors (Lipinski definition) is 2. The average Bonchev–Trinajstić information content (AvgIpc) is 2.73. The third-order valence-corrected chi connectivity index (χ3v) is 9.27. The van der Waals surface area contributed by atoms with E-state index >= 15 is 0 Å². The Bertz CT molecular complexity index is 1200. The number of hydrogen-bond acceptors (Lipinski definition) is 6. The minimum atomic E-state index is -4.10. The Kier molecular flexibility index (Phi) is 6.74. The summed E-state index contributed by atoms with van der Waals surface area (Å²) in [6, 6.07) is 11.2. The third-order valence-electron chi connectivity index (χ3n) is 6.49. The van der Waals surface area contributed by atoms with Gasteiger partial charge in [-0.3, -0.25) is 0 Å². The normalized spacial score (nSPS) is 18.0. The lowest BCUT2D eigenvalue weighted by atomic mass is 9.76. The molecular formula is C22H31N3O5S2. The van der Waals surface area contributed by atoms with Crippen molar-refractivity contribution in [1.82, 2.24) is 4.31 Å². The van der Waals surface area contributed by atoms with Gasteiger partial charge in [-0.25, -0.2) is 26.3 Å². The first-order valence-corrected chi connectivity index (χ1v) is 13.4. The Hall–Kier alpha value is -1.98. The first kappa shape index (κ1) is 24.7. The van der Waals surface area contributed by atoms with E-state index in [2.05, 4.69) is 11.8 Å². The third kappa shape index (κ3) is 4.69. The predicted octanol–water partition coefficient (Wildman–Crippen LogP) is 2.24. The van der Waals surface area contributed by atoms with Crippen LogP contribution in [0.25, 0.3) is 11.1 Å². The van der Waals surface area contributed by atoms with Crippen LogP contribution in [0.5, 0.6) is 0 Å². The summed E-state index contributed by atoms with van der Waals surface area (Å²) in [5, 5.41) is 15.6. The number of para-hydroxylation sites is 1. The number of rotatable bonds is 6. The van der Waals surface area contributed by atoms with Crippen LogP contribution in [-0.4, -0.2) is 59.5 Å². The lowest BCUT2D eigenvalue weighted by Crippen LogP contribution is -2.43. The molecule has 0 spiro atoms. The van der Waals surface area contributed by atoms with Crippen molar-refractivity contribution in [3.63, 3.8) is 0 Å². The molecular weight excluding hydrogens is 450 g/mol. The van der Waals surface area contributed by atoms with Crippen molar-refractivity contribution in [3.05, 3.63) is 42.5 Å². The Morgan fingerprint density at radius 1 is 1.03 bits per heavy atom. The summed E-state index contributed by atoms with van der Waals surface area (Å²) >= 11 is 0. The SMILES string of the molecule is CC(O)C1(C)CCN(c2ccccc2-c2cc(S(=O)(=O)N(C)C)ccc2S(N)(=O)=O)CC1. The fourth-order valence-electron chi connectivity index (χ4n) is 3.99. The van der Waals surface area contributed by atoms with Crippen molar-refractivity contribution in [3.8, 4) is 11.1 Å². The van der Waals surface area contributed by atoms with Gasteiger partial charge in [0, 0.05) is 44.0 Å². The number of anilines is 1. The molecule has 0 bridgehead atoms. The van der Waals surface area contributed by atoms with Gasteiger partial charge in [-0.15, -0.1) is 0 Å². The van der Waals surface area contributed by atoms with Crippen molar-refractivity contribution in [1.29, 1.82) is 0 Å². The number of sulfonamides is 2. The minimum Gasteiger partial charge on any atom is -0.393 e. The molecule has 8 nitrogen and oxygen atoms in total. The molecule has 1 saturated heterocycles. The van der Waals surface area contributed by atoms with E-state index in [1.165, 1.54) is 32.3 Å². The van der Waals surface area contributed by atoms with Gasteiger partial charge in [-0.2, -0.15) is 0 Å². The minimum absolute atomic E-state index is 0.0139. The predicted molar refractivity (Wildman–Crippen MR) is 125 cm³/mol. The lowest BCUT2D eigenvalue weighted by molar-refractivity contribution is 0.0334. The van der Waals surface area contributed by atoms with Gasteiger partial charge in [-0.05, 0) is 49.4 Å². The Labute approximate surface area is 190 Å². The van der Waals surface area contributed by atoms with E-state index in [1.807, 2.05) is 12.1 Å². The monoisotopic (exact) mass is 481 g/mol. The van der Waals surface area contributed by atoms with Gasteiger partial charge in [0.25, 0.3) is 0 Å². The van der Waals surface area contributed by atoms with E-state index in [0.717, 1.165) is 22.8 Å². The van der Waals surface area contributed by atoms with Crippen LogP contribution in [0, 0.1) is 5.41 Å². The fraction of sp³-hybridized carbons (Fsp3) is 0.455.